The average molecular weight is 423 g/mol. The molecule has 1 aromatic heterocycles. The Labute approximate surface area is 178 Å². The van der Waals surface area contributed by atoms with Crippen molar-refractivity contribution in [2.45, 2.75) is 13.0 Å². The molecule has 3 aromatic rings. The Balaban J connectivity index is 1.43. The number of anilines is 1. The minimum atomic E-state index is -0.404. The fourth-order valence-corrected chi connectivity index (χ4v) is 3.86. The van der Waals surface area contributed by atoms with Crippen LogP contribution in [0.25, 0.3) is 10.8 Å². The minimum Gasteiger partial charge on any atom is -0.367 e. The van der Waals surface area contributed by atoms with Gasteiger partial charge in [0.2, 0.25) is 0 Å². The second-order valence-corrected chi connectivity index (χ2v) is 7.48. The second-order valence-electron chi connectivity index (χ2n) is 7.48. The fraction of sp³-hybridized carbons (Fsp3) is 0.273. The molecule has 1 saturated heterocycles. The minimum absolute atomic E-state index is 0.0274. The normalized spacial score (nSPS) is 15.0. The molecule has 0 bridgehead atoms. The highest BCUT2D eigenvalue weighted by Crippen LogP contribution is 2.33. The topological polar surface area (TPSA) is 91.6 Å². The van der Waals surface area contributed by atoms with Crippen LogP contribution >= 0.6 is 0 Å². The van der Waals surface area contributed by atoms with Crippen molar-refractivity contribution >= 4 is 28.2 Å². The lowest BCUT2D eigenvalue weighted by atomic mass is 10.1. The SMILES string of the molecule is C[C@H](NC(=O)N1CCN(c2ccc([N+](=O)[O-])c3cnccc23)CC1)c1ccc(F)cc1. The Morgan fingerprint density at radius 3 is 2.48 bits per heavy atom. The number of halogens is 1. The fourth-order valence-electron chi connectivity index (χ4n) is 3.86. The first-order chi connectivity index (χ1) is 14.9. The van der Waals surface area contributed by atoms with Crippen LogP contribution in [0.4, 0.5) is 20.6 Å². The molecular formula is C22H22FN5O3. The molecule has 8 nitrogen and oxygen atoms in total. The van der Waals surface area contributed by atoms with Gasteiger partial charge in [0.25, 0.3) is 5.69 Å². The predicted molar refractivity (Wildman–Crippen MR) is 116 cm³/mol. The summed E-state index contributed by atoms with van der Waals surface area (Å²) in [6, 6.07) is 10.7. The second kappa shape index (κ2) is 8.55. The molecule has 0 radical (unpaired) electrons. The van der Waals surface area contributed by atoms with Gasteiger partial charge in [-0.25, -0.2) is 9.18 Å². The first-order valence-electron chi connectivity index (χ1n) is 10.0. The van der Waals surface area contributed by atoms with Crippen LogP contribution in [-0.4, -0.2) is 47.0 Å². The first-order valence-corrected chi connectivity index (χ1v) is 10.0. The molecule has 0 unspecified atom stereocenters. The van der Waals surface area contributed by atoms with Crippen LogP contribution in [0.1, 0.15) is 18.5 Å². The third kappa shape index (κ3) is 4.25. The van der Waals surface area contributed by atoms with Gasteiger partial charge < -0.3 is 15.1 Å². The first kappa shape index (κ1) is 20.5. The highest BCUT2D eigenvalue weighted by Gasteiger charge is 2.25. The van der Waals surface area contributed by atoms with E-state index in [-0.39, 0.29) is 23.6 Å². The number of pyridine rings is 1. The number of nitrogens with one attached hydrogen (secondary N) is 1. The van der Waals surface area contributed by atoms with Crippen LogP contribution in [0.5, 0.6) is 0 Å². The van der Waals surface area contributed by atoms with Gasteiger partial charge in [-0.15, -0.1) is 0 Å². The molecule has 0 spiro atoms. The molecule has 2 heterocycles. The number of non-ortho nitro benzene ring substituents is 1. The Morgan fingerprint density at radius 2 is 1.81 bits per heavy atom. The van der Waals surface area contributed by atoms with E-state index in [0.29, 0.717) is 31.6 Å². The number of aromatic nitrogens is 1. The highest BCUT2D eigenvalue weighted by molar-refractivity contribution is 5.99. The van der Waals surface area contributed by atoms with Gasteiger partial charge in [0.1, 0.15) is 5.82 Å². The van der Waals surface area contributed by atoms with E-state index in [1.807, 2.05) is 6.92 Å². The molecule has 1 N–H and O–H groups in total. The maximum Gasteiger partial charge on any atom is 0.317 e. The molecule has 0 aliphatic carbocycles. The van der Waals surface area contributed by atoms with Crippen molar-refractivity contribution in [1.82, 2.24) is 15.2 Å². The number of hydrogen-bond acceptors (Lipinski definition) is 5. The summed E-state index contributed by atoms with van der Waals surface area (Å²) in [5, 5.41) is 15.5. The van der Waals surface area contributed by atoms with Gasteiger partial charge in [0.05, 0.1) is 16.4 Å². The smallest absolute Gasteiger partial charge is 0.317 e. The van der Waals surface area contributed by atoms with E-state index in [2.05, 4.69) is 15.2 Å². The van der Waals surface area contributed by atoms with E-state index in [1.54, 1.807) is 35.4 Å². The number of benzene rings is 2. The van der Waals surface area contributed by atoms with Gasteiger partial charge in [-0.05, 0) is 36.8 Å². The Bertz CT molecular complexity index is 1110. The lowest BCUT2D eigenvalue weighted by molar-refractivity contribution is -0.383. The van der Waals surface area contributed by atoms with Crippen LogP contribution < -0.4 is 10.2 Å². The number of nitro groups is 1. The highest BCUT2D eigenvalue weighted by atomic mass is 19.1. The molecule has 0 saturated carbocycles. The number of rotatable bonds is 4. The van der Waals surface area contributed by atoms with E-state index in [4.69, 9.17) is 0 Å². The molecular weight excluding hydrogens is 401 g/mol. The maximum atomic E-state index is 13.1. The summed E-state index contributed by atoms with van der Waals surface area (Å²) in [5.41, 5.74) is 1.75. The summed E-state index contributed by atoms with van der Waals surface area (Å²) in [7, 11) is 0. The van der Waals surface area contributed by atoms with Crippen molar-refractivity contribution in [3.63, 3.8) is 0 Å². The summed E-state index contributed by atoms with van der Waals surface area (Å²) in [4.78, 5) is 31.5. The predicted octanol–water partition coefficient (Wildman–Crippen LogP) is 3.87. The molecule has 160 valence electrons. The van der Waals surface area contributed by atoms with E-state index >= 15 is 0 Å². The molecule has 1 atom stereocenters. The summed E-state index contributed by atoms with van der Waals surface area (Å²) in [6.07, 6.45) is 3.13. The Kier molecular flexibility index (Phi) is 5.66. The van der Waals surface area contributed by atoms with Crippen LogP contribution in [0.3, 0.4) is 0 Å². The van der Waals surface area contributed by atoms with Crippen LogP contribution in [0.15, 0.2) is 54.9 Å². The number of urea groups is 1. The molecule has 2 amide bonds. The zero-order chi connectivity index (χ0) is 22.0. The maximum absolute atomic E-state index is 13.1. The van der Waals surface area contributed by atoms with Crippen molar-refractivity contribution in [3.05, 3.63) is 76.4 Å². The lowest BCUT2D eigenvalue weighted by Gasteiger charge is -2.37. The van der Waals surface area contributed by atoms with Crippen LogP contribution in [-0.2, 0) is 0 Å². The summed E-state index contributed by atoms with van der Waals surface area (Å²) in [6.45, 7) is 4.11. The van der Waals surface area contributed by atoms with Gasteiger partial charge >= 0.3 is 6.03 Å². The molecule has 31 heavy (non-hydrogen) atoms. The Morgan fingerprint density at radius 1 is 1.10 bits per heavy atom. The number of nitro benzene ring substituents is 1. The third-order valence-corrected chi connectivity index (χ3v) is 5.59. The monoisotopic (exact) mass is 423 g/mol. The summed E-state index contributed by atoms with van der Waals surface area (Å²) >= 11 is 0. The van der Waals surface area contributed by atoms with Gasteiger partial charge in [-0.1, -0.05) is 12.1 Å². The van der Waals surface area contributed by atoms with E-state index in [1.165, 1.54) is 24.4 Å². The van der Waals surface area contributed by atoms with E-state index in [9.17, 15) is 19.3 Å². The van der Waals surface area contributed by atoms with Gasteiger partial charge in [-0.2, -0.15) is 0 Å². The number of piperazine rings is 1. The van der Waals surface area contributed by atoms with Gasteiger partial charge in [0, 0.05) is 55.7 Å². The quantitative estimate of drug-likeness (QED) is 0.508. The van der Waals surface area contributed by atoms with Crippen LogP contribution in [0, 0.1) is 15.9 Å². The van der Waals surface area contributed by atoms with Crippen molar-refractivity contribution in [1.29, 1.82) is 0 Å². The van der Waals surface area contributed by atoms with Crippen molar-refractivity contribution in [2.75, 3.05) is 31.1 Å². The zero-order valence-corrected chi connectivity index (χ0v) is 17.0. The third-order valence-electron chi connectivity index (χ3n) is 5.59. The van der Waals surface area contributed by atoms with E-state index in [0.717, 1.165) is 16.6 Å². The molecule has 2 aromatic carbocycles. The molecule has 1 fully saturated rings. The van der Waals surface area contributed by atoms with Crippen molar-refractivity contribution in [3.8, 4) is 0 Å². The number of carbonyl (C=O) groups is 1. The van der Waals surface area contributed by atoms with Crippen LogP contribution in [0.2, 0.25) is 0 Å². The Hall–Kier alpha value is -3.75. The van der Waals surface area contributed by atoms with Crippen molar-refractivity contribution in [2.24, 2.45) is 0 Å². The van der Waals surface area contributed by atoms with E-state index < -0.39 is 4.92 Å². The lowest BCUT2D eigenvalue weighted by Crippen LogP contribution is -2.52. The summed E-state index contributed by atoms with van der Waals surface area (Å²) < 4.78 is 13.1. The molecule has 1 aliphatic rings. The largest absolute Gasteiger partial charge is 0.367 e. The number of hydrogen-bond donors (Lipinski definition) is 1. The number of nitrogens with zero attached hydrogens (tertiary/aromatic N) is 4. The number of fused-ring (bicyclic) bond motifs is 1. The van der Waals surface area contributed by atoms with Gasteiger partial charge in [0.15, 0.2) is 0 Å². The number of amides is 2. The molecule has 4 rings (SSSR count). The number of carbonyl (C=O) groups excluding carboxylic acids is 1. The molecule has 9 heteroatoms. The zero-order valence-electron chi connectivity index (χ0n) is 17.0. The average Bonchev–Trinajstić information content (AvgIpc) is 2.78. The summed E-state index contributed by atoms with van der Waals surface area (Å²) in [5.74, 6) is -0.312. The standard InChI is InChI=1S/C22H22FN5O3/c1-15(16-2-4-17(23)5-3-16)25-22(29)27-12-10-26(11-13-27)20-6-7-21(28(30)31)19-14-24-9-8-18(19)20/h2-9,14-15H,10-13H2,1H3,(H,25,29)/t15-/m0/s1. The molecule has 1 aliphatic heterocycles. The van der Waals surface area contributed by atoms with Gasteiger partial charge in [-0.3, -0.25) is 15.1 Å². The van der Waals surface area contributed by atoms with Crippen molar-refractivity contribution < 1.29 is 14.1 Å².